The van der Waals surface area contributed by atoms with Gasteiger partial charge in [0.1, 0.15) is 11.6 Å². The minimum Gasteiger partial charge on any atom is -0.359 e. The number of hydrazine groups is 1. The topological polar surface area (TPSA) is 126 Å². The highest BCUT2D eigenvalue weighted by molar-refractivity contribution is 5.78. The van der Waals surface area contributed by atoms with Crippen molar-refractivity contribution in [1.82, 2.24) is 10.3 Å². The van der Waals surface area contributed by atoms with E-state index in [1.54, 1.807) is 7.05 Å². The van der Waals surface area contributed by atoms with Gasteiger partial charge in [0.25, 0.3) is 5.69 Å². The predicted molar refractivity (Wildman–Crippen MR) is 77.7 cm³/mol. The van der Waals surface area contributed by atoms with Crippen LogP contribution in [0.2, 0.25) is 0 Å². The predicted octanol–water partition coefficient (Wildman–Crippen LogP) is 0.238. The van der Waals surface area contributed by atoms with Crippen molar-refractivity contribution in [3.8, 4) is 0 Å². The molecule has 1 amide bonds. The molecule has 1 fully saturated rings. The molecule has 1 aromatic rings. The first-order valence-electron chi connectivity index (χ1n) is 6.64. The van der Waals surface area contributed by atoms with E-state index in [1.807, 2.05) is 4.90 Å². The molecule has 4 N–H and O–H groups in total. The summed E-state index contributed by atoms with van der Waals surface area (Å²) in [6.07, 6.45) is 1.38. The number of anilines is 2. The lowest BCUT2D eigenvalue weighted by Crippen LogP contribution is -2.40. The van der Waals surface area contributed by atoms with E-state index < -0.39 is 4.92 Å². The standard InChI is InChI=1S/C12H18N6O3/c1-14-12(19)8-2-4-17(5-3-8)11-7-9(18(20)21)6-10(15-11)16-13/h6-8H,2-5,13H2,1H3,(H,14,19)(H,15,16). The maximum atomic E-state index is 11.6. The summed E-state index contributed by atoms with van der Waals surface area (Å²) >= 11 is 0. The van der Waals surface area contributed by atoms with E-state index in [9.17, 15) is 14.9 Å². The average Bonchev–Trinajstić information content (AvgIpc) is 2.53. The number of aromatic nitrogens is 1. The number of nitrogens with two attached hydrogens (primary N) is 1. The summed E-state index contributed by atoms with van der Waals surface area (Å²) in [5.41, 5.74) is 2.26. The first-order valence-corrected chi connectivity index (χ1v) is 6.64. The van der Waals surface area contributed by atoms with Gasteiger partial charge in [-0.3, -0.25) is 14.9 Å². The van der Waals surface area contributed by atoms with Crippen LogP contribution in [0.25, 0.3) is 0 Å². The van der Waals surface area contributed by atoms with E-state index >= 15 is 0 Å². The second-order valence-corrected chi connectivity index (χ2v) is 4.85. The van der Waals surface area contributed by atoms with Crippen LogP contribution in [-0.2, 0) is 4.79 Å². The lowest BCUT2D eigenvalue weighted by molar-refractivity contribution is -0.384. The molecule has 1 saturated heterocycles. The molecule has 9 heteroatoms. The molecule has 9 nitrogen and oxygen atoms in total. The summed E-state index contributed by atoms with van der Waals surface area (Å²) in [7, 11) is 1.62. The van der Waals surface area contributed by atoms with Gasteiger partial charge in [-0.05, 0) is 12.8 Å². The number of nitro groups is 1. The minimum absolute atomic E-state index is 0.0166. The number of nitrogens with one attached hydrogen (secondary N) is 2. The van der Waals surface area contributed by atoms with Crippen LogP contribution < -0.4 is 21.5 Å². The Bertz CT molecular complexity index is 542. The molecule has 0 radical (unpaired) electrons. The van der Waals surface area contributed by atoms with E-state index in [-0.39, 0.29) is 23.3 Å². The SMILES string of the molecule is CNC(=O)C1CCN(c2cc([N+](=O)[O-])cc(NN)n2)CC1. The number of carbonyl (C=O) groups excluding carboxylic acids is 1. The van der Waals surface area contributed by atoms with Crippen molar-refractivity contribution in [3.63, 3.8) is 0 Å². The molecule has 1 aliphatic heterocycles. The van der Waals surface area contributed by atoms with Gasteiger partial charge in [0.15, 0.2) is 0 Å². The van der Waals surface area contributed by atoms with Crippen molar-refractivity contribution in [2.75, 3.05) is 30.5 Å². The molecule has 2 rings (SSSR count). The number of hydrogen-bond donors (Lipinski definition) is 3. The fraction of sp³-hybridized carbons (Fsp3) is 0.500. The second kappa shape index (κ2) is 6.35. The number of piperidine rings is 1. The largest absolute Gasteiger partial charge is 0.359 e. The van der Waals surface area contributed by atoms with Crippen LogP contribution in [0.5, 0.6) is 0 Å². The van der Waals surface area contributed by atoms with Crippen LogP contribution in [0.3, 0.4) is 0 Å². The number of carbonyl (C=O) groups is 1. The summed E-state index contributed by atoms with van der Waals surface area (Å²) in [6, 6.07) is 2.70. The quantitative estimate of drug-likeness (QED) is 0.412. The molecular formula is C12H18N6O3. The van der Waals surface area contributed by atoms with Gasteiger partial charge in [0.05, 0.1) is 17.1 Å². The zero-order valence-corrected chi connectivity index (χ0v) is 11.7. The third-order valence-corrected chi connectivity index (χ3v) is 3.59. The fourth-order valence-electron chi connectivity index (χ4n) is 2.42. The van der Waals surface area contributed by atoms with Gasteiger partial charge in [-0.2, -0.15) is 0 Å². The molecule has 114 valence electrons. The number of rotatable bonds is 4. The Labute approximate surface area is 121 Å². The number of pyridine rings is 1. The van der Waals surface area contributed by atoms with E-state index in [1.165, 1.54) is 12.1 Å². The van der Waals surface area contributed by atoms with Gasteiger partial charge in [0.2, 0.25) is 5.91 Å². The first kappa shape index (κ1) is 15.0. The summed E-state index contributed by atoms with van der Waals surface area (Å²) in [5.74, 6) is 6.04. The van der Waals surface area contributed by atoms with E-state index in [2.05, 4.69) is 15.7 Å². The molecule has 2 heterocycles. The molecule has 0 atom stereocenters. The Balaban J connectivity index is 2.14. The van der Waals surface area contributed by atoms with Crippen molar-refractivity contribution in [2.24, 2.45) is 11.8 Å². The molecule has 1 aromatic heterocycles. The minimum atomic E-state index is -0.483. The molecular weight excluding hydrogens is 276 g/mol. The van der Waals surface area contributed by atoms with Crippen LogP contribution in [0.15, 0.2) is 12.1 Å². The normalized spacial score (nSPS) is 15.6. The summed E-state index contributed by atoms with van der Waals surface area (Å²) < 4.78 is 0. The molecule has 0 bridgehead atoms. The highest BCUT2D eigenvalue weighted by Gasteiger charge is 2.26. The van der Waals surface area contributed by atoms with Crippen LogP contribution in [0.4, 0.5) is 17.3 Å². The monoisotopic (exact) mass is 294 g/mol. The van der Waals surface area contributed by atoms with Crippen molar-refractivity contribution in [2.45, 2.75) is 12.8 Å². The molecule has 0 aromatic carbocycles. The maximum Gasteiger partial charge on any atom is 0.276 e. The molecule has 0 saturated carbocycles. The van der Waals surface area contributed by atoms with Crippen LogP contribution in [0.1, 0.15) is 12.8 Å². The summed E-state index contributed by atoms with van der Waals surface area (Å²) in [4.78, 5) is 28.2. The average molecular weight is 294 g/mol. The van der Waals surface area contributed by atoms with Gasteiger partial charge in [-0.25, -0.2) is 10.8 Å². The Kier molecular flexibility index (Phi) is 4.53. The first-order chi connectivity index (χ1) is 10.0. The maximum absolute atomic E-state index is 11.6. The molecule has 21 heavy (non-hydrogen) atoms. The van der Waals surface area contributed by atoms with E-state index in [0.29, 0.717) is 31.7 Å². The van der Waals surface area contributed by atoms with Gasteiger partial charge >= 0.3 is 0 Å². The number of nitrogen functional groups attached to an aromatic ring is 1. The van der Waals surface area contributed by atoms with Crippen LogP contribution >= 0.6 is 0 Å². The molecule has 0 aliphatic carbocycles. The highest BCUT2D eigenvalue weighted by atomic mass is 16.6. The van der Waals surface area contributed by atoms with E-state index in [4.69, 9.17) is 5.84 Å². The molecule has 0 spiro atoms. The number of nitrogens with zero attached hydrogens (tertiary/aromatic N) is 3. The van der Waals surface area contributed by atoms with Gasteiger partial charge in [-0.1, -0.05) is 0 Å². The smallest absolute Gasteiger partial charge is 0.276 e. The summed E-state index contributed by atoms with van der Waals surface area (Å²) in [5, 5.41) is 13.6. The zero-order chi connectivity index (χ0) is 15.4. The third-order valence-electron chi connectivity index (χ3n) is 3.59. The Morgan fingerprint density at radius 2 is 2.14 bits per heavy atom. The number of hydrogen-bond acceptors (Lipinski definition) is 7. The summed E-state index contributed by atoms with van der Waals surface area (Å²) in [6.45, 7) is 1.24. The Hall–Kier alpha value is -2.42. The van der Waals surface area contributed by atoms with Crippen LogP contribution in [-0.4, -0.2) is 36.0 Å². The van der Waals surface area contributed by atoms with Gasteiger partial charge in [0, 0.05) is 26.1 Å². The van der Waals surface area contributed by atoms with Crippen molar-refractivity contribution >= 4 is 23.2 Å². The Morgan fingerprint density at radius 1 is 1.48 bits per heavy atom. The lowest BCUT2D eigenvalue weighted by Gasteiger charge is -2.31. The van der Waals surface area contributed by atoms with Crippen LogP contribution in [0, 0.1) is 16.0 Å². The number of amides is 1. The zero-order valence-electron chi connectivity index (χ0n) is 11.7. The van der Waals surface area contributed by atoms with Crippen molar-refractivity contribution in [3.05, 3.63) is 22.2 Å². The molecule has 0 unspecified atom stereocenters. The molecule has 1 aliphatic rings. The van der Waals surface area contributed by atoms with Crippen molar-refractivity contribution < 1.29 is 9.72 Å². The second-order valence-electron chi connectivity index (χ2n) is 4.85. The van der Waals surface area contributed by atoms with E-state index in [0.717, 1.165) is 0 Å². The van der Waals surface area contributed by atoms with Gasteiger partial charge in [-0.15, -0.1) is 0 Å². The fourth-order valence-corrected chi connectivity index (χ4v) is 2.42. The lowest BCUT2D eigenvalue weighted by atomic mass is 9.96. The van der Waals surface area contributed by atoms with Gasteiger partial charge < -0.3 is 15.6 Å². The third kappa shape index (κ3) is 3.37. The Morgan fingerprint density at radius 3 is 2.67 bits per heavy atom. The van der Waals surface area contributed by atoms with Crippen molar-refractivity contribution in [1.29, 1.82) is 0 Å². The highest BCUT2D eigenvalue weighted by Crippen LogP contribution is 2.26.